The van der Waals surface area contributed by atoms with Gasteiger partial charge in [0, 0.05) is 66.6 Å². The van der Waals surface area contributed by atoms with Crippen LogP contribution in [0.5, 0.6) is 0 Å². The van der Waals surface area contributed by atoms with Crippen molar-refractivity contribution in [3.63, 3.8) is 0 Å². The molecule has 12 aromatic carbocycles. The number of halogens is 8. The number of methoxy groups -OCH3 is 2. The Balaban J connectivity index is 0.000000165. The minimum absolute atomic E-state index is 0.00603. The third-order valence-corrected chi connectivity index (χ3v) is 27.0. The number of esters is 2. The Morgan fingerprint density at radius 2 is 0.642 bits per heavy atom. The summed E-state index contributed by atoms with van der Waals surface area (Å²) in [6.07, 6.45) is 1.06. The Bertz CT molecular complexity index is 7200. The normalized spacial score (nSPS) is 15.0. The highest BCUT2D eigenvalue weighted by molar-refractivity contribution is 7.92. The van der Waals surface area contributed by atoms with E-state index in [1.807, 2.05) is 24.3 Å². The molecule has 16 rings (SSSR count). The van der Waals surface area contributed by atoms with E-state index < -0.39 is 124 Å². The number of benzene rings is 12. The van der Waals surface area contributed by atoms with Crippen LogP contribution in [0.3, 0.4) is 0 Å². The molecule has 0 spiro atoms. The van der Waals surface area contributed by atoms with Crippen LogP contribution in [0, 0.1) is 13.5 Å². The van der Waals surface area contributed by atoms with Crippen LogP contribution in [0.25, 0.3) is 4.85 Å². The number of aliphatic carboxylic acids is 4. The van der Waals surface area contributed by atoms with Gasteiger partial charge in [0.25, 0.3) is 53.2 Å². The lowest BCUT2D eigenvalue weighted by Crippen LogP contribution is -2.50. The van der Waals surface area contributed by atoms with E-state index in [4.69, 9.17) is 109 Å². The van der Waals surface area contributed by atoms with Crippen LogP contribution in [0.15, 0.2) is 255 Å². The lowest BCUT2D eigenvalue weighted by molar-refractivity contribution is -0.143. The quantitative estimate of drug-likeness (QED) is 0.0125. The van der Waals surface area contributed by atoms with Crippen molar-refractivity contribution >= 4 is 220 Å². The molecule has 12 aromatic rings. The average molecular weight is 2180 g/mol. The van der Waals surface area contributed by atoms with Crippen LogP contribution in [0.2, 0.25) is 40.2 Å². The van der Waals surface area contributed by atoms with Gasteiger partial charge in [-0.05, 0) is 173 Å². The Morgan fingerprint density at radius 1 is 0.365 bits per heavy atom. The van der Waals surface area contributed by atoms with Gasteiger partial charge < -0.3 is 51.2 Å². The first-order chi connectivity index (χ1) is 70.5. The summed E-state index contributed by atoms with van der Waals surface area (Å²) in [6, 6.07) is 61.5. The molecule has 42 heteroatoms. The summed E-state index contributed by atoms with van der Waals surface area (Å²) >= 11 is 48.7. The molecule has 0 saturated carbocycles. The molecule has 758 valence electrons. The molecule has 4 aliphatic rings. The number of fused-ring (bicyclic) bond motifs is 4. The second-order valence-electron chi connectivity index (χ2n) is 33.7. The summed E-state index contributed by atoms with van der Waals surface area (Å²) in [5, 5.41) is 48.8. The maximum atomic E-state index is 13.3. The smallest absolute Gasteiger partial charge is 0.329 e. The predicted molar refractivity (Wildman–Crippen MR) is 556 cm³/mol. The fourth-order valence-corrected chi connectivity index (χ4v) is 19.7. The molecular weight excluding hydrogens is 2100 g/mol. The number of aryl methyl sites for hydroxylation is 1. The van der Waals surface area contributed by atoms with E-state index in [0.717, 1.165) is 27.8 Å². The summed E-state index contributed by atoms with van der Waals surface area (Å²) in [4.78, 5) is 198. The molecule has 0 aromatic heterocycles. The molecular formula is C106H84Cl8N10O23S. The van der Waals surface area contributed by atoms with Gasteiger partial charge in [-0.15, -0.1) is 0 Å². The Kier molecular flexibility index (Phi) is 35.7. The highest BCUT2D eigenvalue weighted by atomic mass is 35.5. The van der Waals surface area contributed by atoms with Crippen molar-refractivity contribution in [1.82, 2.24) is 21.3 Å². The largest absolute Gasteiger partial charge is 0.480 e. The molecule has 148 heavy (non-hydrogen) atoms. The summed E-state index contributed by atoms with van der Waals surface area (Å²) in [5.74, 6) is -10.9. The van der Waals surface area contributed by atoms with E-state index >= 15 is 0 Å². The lowest BCUT2D eigenvalue weighted by Gasteiger charge is -2.35. The van der Waals surface area contributed by atoms with Crippen LogP contribution < -0.4 is 45.6 Å². The SMILES string of the molecule is COC(=O)C1Cc2ccccc2C(=O)N1c1ccc(C[C@H](NC(=O)c2c(Cl)cccc2Cl)C(=O)O)cc1.COC(=O)C1Cc2ccccc2C(=O)N1c1ccc(C[C@H](NC(=O)c2c(Cl)cccc2Cl)C(=O)O)cc1.Cc1cccc2c1C(=O)N(c1ccc(C[C@H](NC(=O)c3c(Cl)cc(NS(C)(=O)=O)cc3Cl)C(=O)O)cc1)C2=O.[C-]#[N+]C1Cc2ccccc2C(=O)N1c1ccc(C[C@H](NC(=O)c2c(Cl)cccc2Cl)C(=O)O)cc1. The zero-order valence-electron chi connectivity index (χ0n) is 78.0. The maximum absolute atomic E-state index is 13.3. The van der Waals surface area contributed by atoms with E-state index in [1.54, 1.807) is 177 Å². The van der Waals surface area contributed by atoms with Crippen LogP contribution >= 0.6 is 92.8 Å². The average Bonchev–Trinajstić information content (AvgIpc) is 1.70. The topological polar surface area (TPSA) is 467 Å². The molecule has 4 aliphatic heterocycles. The first-order valence-corrected chi connectivity index (χ1v) is 49.4. The van der Waals surface area contributed by atoms with Gasteiger partial charge in [-0.1, -0.05) is 226 Å². The van der Waals surface area contributed by atoms with Gasteiger partial charge in [-0.25, -0.2) is 53.6 Å². The first kappa shape index (κ1) is 110. The molecule has 0 bridgehead atoms. The van der Waals surface area contributed by atoms with E-state index in [-0.39, 0.29) is 112 Å². The molecule has 0 radical (unpaired) electrons. The number of nitrogens with one attached hydrogen (secondary N) is 5. The van der Waals surface area contributed by atoms with E-state index in [9.17, 15) is 101 Å². The standard InChI is InChI=1S/2C27H22Cl2N2O6.C26H21Cl2N3O7S.C26H19Cl2N3O4/c2*1-37-27(36)22-14-16-5-2-3-6-18(16)25(33)31(22)17-11-9-15(10-12-17)13-21(26(34)35)30-24(32)23-19(28)7-4-8-20(23)29;1-13-4-3-5-17-21(13)25(34)31(24(17)33)16-8-6-14(7-9-16)10-20(26(35)36)29-23(32)22-18(27)11-15(12-19(22)28)30-39(2,37)38;1-29-22-14-16-5-2-3-6-18(16)25(33)31(22)17-11-9-15(10-12-17)13-21(26(34)35)30-24(32)23-19(27)7-4-8-20(23)28/h2*2-12,21-22H,13-14H2,1H3,(H,30,32)(H,34,35);3-9,11-12,20,30H,10H2,1-2H3,(H,29,32)(H,35,36);2-12,21-22H,13-14H2,(H,30,32)(H,34,35)/t2*21-,22?;20-;21-,22?/m0000/s1. The Hall–Kier alpha value is -15.6. The number of ether oxygens (including phenoxy) is 2. The summed E-state index contributed by atoms with van der Waals surface area (Å²) in [7, 11) is -1.09. The number of carbonyl (C=O) groups is 15. The number of imide groups is 1. The fraction of sp³-hybridized carbons (Fsp3) is 0.170. The second kappa shape index (κ2) is 48.2. The van der Waals surface area contributed by atoms with Crippen molar-refractivity contribution in [3.8, 4) is 0 Å². The number of carbonyl (C=O) groups excluding carboxylic acids is 11. The molecule has 33 nitrogen and oxygen atoms in total. The van der Waals surface area contributed by atoms with Gasteiger partial charge in [-0.3, -0.25) is 62.5 Å². The van der Waals surface area contributed by atoms with Crippen molar-refractivity contribution in [2.75, 3.05) is 44.8 Å². The Labute approximate surface area is 885 Å². The molecule has 9 amide bonds. The summed E-state index contributed by atoms with van der Waals surface area (Å²) < 4.78 is 35.0. The zero-order valence-corrected chi connectivity index (χ0v) is 84.8. The van der Waals surface area contributed by atoms with Crippen LogP contribution in [-0.2, 0) is 93.2 Å². The van der Waals surface area contributed by atoms with E-state index in [1.165, 1.54) is 89.6 Å². The molecule has 7 atom stereocenters. The molecule has 0 fully saturated rings. The number of nitrogens with zero attached hydrogens (tertiary/aromatic N) is 5. The number of hydrogen-bond acceptors (Lipinski definition) is 19. The first-order valence-electron chi connectivity index (χ1n) is 44.5. The molecule has 3 unspecified atom stereocenters. The number of amides is 9. The number of hydrogen-bond donors (Lipinski definition) is 9. The van der Waals surface area contributed by atoms with Gasteiger partial charge in [0.2, 0.25) is 10.0 Å². The van der Waals surface area contributed by atoms with E-state index in [2.05, 4.69) is 30.8 Å². The van der Waals surface area contributed by atoms with Crippen molar-refractivity contribution in [3.05, 3.63) is 401 Å². The Morgan fingerprint density at radius 3 is 0.939 bits per heavy atom. The number of anilines is 5. The molecule has 0 saturated heterocycles. The van der Waals surface area contributed by atoms with Crippen LogP contribution in [-0.4, -0.2) is 181 Å². The van der Waals surface area contributed by atoms with Crippen molar-refractivity contribution < 1.29 is 110 Å². The lowest BCUT2D eigenvalue weighted by atomic mass is 9.92. The number of rotatable bonds is 28. The second-order valence-corrected chi connectivity index (χ2v) is 38.7. The van der Waals surface area contributed by atoms with Gasteiger partial charge in [0.05, 0.1) is 118 Å². The van der Waals surface area contributed by atoms with Crippen molar-refractivity contribution in [2.24, 2.45) is 0 Å². The molecule has 9 N–H and O–H groups in total. The summed E-state index contributed by atoms with van der Waals surface area (Å²) in [6.45, 7) is 9.31. The minimum Gasteiger partial charge on any atom is -0.480 e. The highest BCUT2D eigenvalue weighted by Crippen LogP contribution is 2.39. The number of sulfonamides is 1. The zero-order chi connectivity index (χ0) is 107. The van der Waals surface area contributed by atoms with Crippen LogP contribution in [0.4, 0.5) is 28.4 Å². The van der Waals surface area contributed by atoms with E-state index in [0.29, 0.717) is 97.6 Å². The van der Waals surface area contributed by atoms with Gasteiger partial charge in [0.15, 0.2) is 0 Å². The maximum Gasteiger partial charge on any atom is 0.329 e. The molecule has 0 aliphatic carbocycles. The highest BCUT2D eigenvalue weighted by Gasteiger charge is 2.44. The number of carboxylic acids is 4. The fourth-order valence-electron chi connectivity index (χ4n) is 16.8. The van der Waals surface area contributed by atoms with Crippen LogP contribution in [0.1, 0.15) is 138 Å². The van der Waals surface area contributed by atoms with Gasteiger partial charge in [0.1, 0.15) is 36.3 Å². The minimum atomic E-state index is -3.63. The van der Waals surface area contributed by atoms with Gasteiger partial charge in [-0.2, -0.15) is 0 Å². The molecule has 4 heterocycles. The van der Waals surface area contributed by atoms with Gasteiger partial charge >= 0.3 is 42.0 Å². The van der Waals surface area contributed by atoms with Crippen molar-refractivity contribution in [1.29, 1.82) is 0 Å². The number of carboxylic acid groups (broad SMARTS) is 4. The third kappa shape index (κ3) is 25.6. The third-order valence-electron chi connectivity index (χ3n) is 23.9. The summed E-state index contributed by atoms with van der Waals surface area (Å²) in [5.41, 5.74) is 9.12. The monoisotopic (exact) mass is 2180 g/mol. The predicted octanol–water partition coefficient (Wildman–Crippen LogP) is 17.1. The van der Waals surface area contributed by atoms with Crippen molar-refractivity contribution in [2.45, 2.75) is 94.3 Å².